The molecule has 1 aromatic rings. The number of carbonyl (C=O) groups excluding carboxylic acids is 1. The highest BCUT2D eigenvalue weighted by Gasteiger charge is 1.98. The fourth-order valence-corrected chi connectivity index (χ4v) is 1.44. The Morgan fingerprint density at radius 3 is 2.53 bits per heavy atom. The van der Waals surface area contributed by atoms with Crippen LogP contribution in [0, 0.1) is 0 Å². The Bertz CT molecular complexity index is 424. The van der Waals surface area contributed by atoms with Gasteiger partial charge in [0.25, 0.3) is 0 Å². The van der Waals surface area contributed by atoms with Crippen LogP contribution in [-0.2, 0) is 6.42 Å². The van der Waals surface area contributed by atoms with Crippen LogP contribution < -0.4 is 10.1 Å². The molecule has 1 rings (SSSR count). The summed E-state index contributed by atoms with van der Waals surface area (Å²) in [5.41, 5.74) is 2.11. The molecule has 0 fully saturated rings. The Morgan fingerprint density at radius 2 is 1.95 bits per heavy atom. The maximum absolute atomic E-state index is 11.4. The van der Waals surface area contributed by atoms with Crippen molar-refractivity contribution < 1.29 is 9.53 Å². The molecule has 2 amide bonds. The van der Waals surface area contributed by atoms with E-state index < -0.39 is 0 Å². The number of urea groups is 1. The fourth-order valence-electron chi connectivity index (χ4n) is 1.44. The van der Waals surface area contributed by atoms with Gasteiger partial charge in [-0.25, -0.2) is 9.79 Å². The SMILES string of the molecule is CCC(C)=NC(=O)NCCOc1ccc(CC)cc1. The first-order chi connectivity index (χ1) is 9.15. The van der Waals surface area contributed by atoms with Crippen LogP contribution in [0.5, 0.6) is 5.75 Å². The molecule has 104 valence electrons. The van der Waals surface area contributed by atoms with Crippen LogP contribution in [0.2, 0.25) is 0 Å². The topological polar surface area (TPSA) is 50.7 Å². The lowest BCUT2D eigenvalue weighted by atomic mass is 10.2. The Balaban J connectivity index is 2.25. The summed E-state index contributed by atoms with van der Waals surface area (Å²) in [4.78, 5) is 15.2. The van der Waals surface area contributed by atoms with E-state index in [-0.39, 0.29) is 6.03 Å². The highest BCUT2D eigenvalue weighted by atomic mass is 16.5. The molecule has 0 aromatic heterocycles. The van der Waals surface area contributed by atoms with Crippen molar-refractivity contribution in [1.82, 2.24) is 5.32 Å². The van der Waals surface area contributed by atoms with E-state index in [0.717, 1.165) is 24.3 Å². The number of benzene rings is 1. The van der Waals surface area contributed by atoms with Gasteiger partial charge in [-0.1, -0.05) is 26.0 Å². The largest absolute Gasteiger partial charge is 0.492 e. The first kappa shape index (κ1) is 15.2. The molecule has 0 atom stereocenters. The molecule has 4 heteroatoms. The van der Waals surface area contributed by atoms with Crippen LogP contribution in [-0.4, -0.2) is 24.9 Å². The quantitative estimate of drug-likeness (QED) is 0.632. The van der Waals surface area contributed by atoms with E-state index in [2.05, 4.69) is 17.2 Å². The van der Waals surface area contributed by atoms with Gasteiger partial charge >= 0.3 is 6.03 Å². The molecular formula is C15H22N2O2. The first-order valence-corrected chi connectivity index (χ1v) is 6.69. The van der Waals surface area contributed by atoms with E-state index in [1.165, 1.54) is 5.56 Å². The molecule has 1 aromatic carbocycles. The molecule has 0 heterocycles. The van der Waals surface area contributed by atoms with Gasteiger partial charge in [0.1, 0.15) is 12.4 Å². The first-order valence-electron chi connectivity index (χ1n) is 6.69. The molecule has 0 saturated heterocycles. The molecule has 0 saturated carbocycles. The van der Waals surface area contributed by atoms with Gasteiger partial charge in [0, 0.05) is 5.71 Å². The zero-order valence-electron chi connectivity index (χ0n) is 11.9. The van der Waals surface area contributed by atoms with Crippen LogP contribution >= 0.6 is 0 Å². The molecule has 0 aliphatic rings. The lowest BCUT2D eigenvalue weighted by molar-refractivity contribution is 0.244. The summed E-state index contributed by atoms with van der Waals surface area (Å²) < 4.78 is 5.52. The molecule has 1 N–H and O–H groups in total. The minimum absolute atomic E-state index is 0.302. The highest BCUT2D eigenvalue weighted by Crippen LogP contribution is 2.11. The molecule has 0 aliphatic carbocycles. The average molecular weight is 262 g/mol. The van der Waals surface area contributed by atoms with Crippen molar-refractivity contribution in [1.29, 1.82) is 0 Å². The molecular weight excluding hydrogens is 240 g/mol. The predicted molar refractivity (Wildman–Crippen MR) is 78.1 cm³/mol. The average Bonchev–Trinajstić information content (AvgIpc) is 2.44. The minimum atomic E-state index is -0.302. The van der Waals surface area contributed by atoms with Gasteiger partial charge in [-0.15, -0.1) is 0 Å². The van der Waals surface area contributed by atoms with E-state index in [4.69, 9.17) is 4.74 Å². The Kier molecular flexibility index (Phi) is 6.64. The lowest BCUT2D eigenvalue weighted by Gasteiger charge is -2.07. The minimum Gasteiger partial charge on any atom is -0.492 e. The molecule has 0 unspecified atom stereocenters. The second kappa shape index (κ2) is 8.29. The number of nitrogens with one attached hydrogen (secondary N) is 1. The summed E-state index contributed by atoms with van der Waals surface area (Å²) >= 11 is 0. The zero-order valence-corrected chi connectivity index (χ0v) is 11.9. The van der Waals surface area contributed by atoms with Gasteiger partial charge in [-0.2, -0.15) is 0 Å². The second-order valence-electron chi connectivity index (χ2n) is 4.28. The predicted octanol–water partition coefficient (Wildman–Crippen LogP) is 3.21. The molecule has 0 radical (unpaired) electrons. The maximum Gasteiger partial charge on any atom is 0.340 e. The highest BCUT2D eigenvalue weighted by molar-refractivity contribution is 5.93. The van der Waals surface area contributed by atoms with E-state index in [1.54, 1.807) is 0 Å². The van der Waals surface area contributed by atoms with Crippen molar-refractivity contribution >= 4 is 11.7 Å². The van der Waals surface area contributed by atoms with Gasteiger partial charge < -0.3 is 10.1 Å². The van der Waals surface area contributed by atoms with E-state index in [0.29, 0.717) is 13.2 Å². The summed E-state index contributed by atoms with van der Waals surface area (Å²) in [6.45, 7) is 6.82. The number of rotatable bonds is 6. The third-order valence-electron chi connectivity index (χ3n) is 2.78. The Morgan fingerprint density at radius 1 is 1.26 bits per heavy atom. The van der Waals surface area contributed by atoms with Gasteiger partial charge in [-0.05, 0) is 37.5 Å². The number of hydrogen-bond donors (Lipinski definition) is 1. The second-order valence-corrected chi connectivity index (χ2v) is 4.28. The number of aryl methyl sites for hydroxylation is 1. The van der Waals surface area contributed by atoms with E-state index in [1.807, 2.05) is 38.1 Å². The van der Waals surface area contributed by atoms with E-state index in [9.17, 15) is 4.79 Å². The fraction of sp³-hybridized carbons (Fsp3) is 0.467. The number of nitrogens with zero attached hydrogens (tertiary/aromatic N) is 1. The molecule has 4 nitrogen and oxygen atoms in total. The van der Waals surface area contributed by atoms with Gasteiger partial charge in [0.15, 0.2) is 0 Å². The van der Waals surface area contributed by atoms with Crippen LogP contribution in [0.25, 0.3) is 0 Å². The van der Waals surface area contributed by atoms with Gasteiger partial charge in [0.2, 0.25) is 0 Å². The summed E-state index contributed by atoms with van der Waals surface area (Å²) in [7, 11) is 0. The summed E-state index contributed by atoms with van der Waals surface area (Å²) in [5.74, 6) is 0.819. The van der Waals surface area contributed by atoms with Crippen LogP contribution in [0.4, 0.5) is 4.79 Å². The third-order valence-corrected chi connectivity index (χ3v) is 2.78. The lowest BCUT2D eigenvalue weighted by Crippen LogP contribution is -2.26. The zero-order chi connectivity index (χ0) is 14.1. The van der Waals surface area contributed by atoms with Crippen LogP contribution in [0.3, 0.4) is 0 Å². The smallest absolute Gasteiger partial charge is 0.340 e. The standard InChI is InChI=1S/C15H22N2O2/c1-4-12(3)17-15(18)16-10-11-19-14-8-6-13(5-2)7-9-14/h6-9H,4-5,10-11H2,1-3H3,(H,16,18). The number of amides is 2. The number of carbonyl (C=O) groups is 1. The maximum atomic E-state index is 11.4. The van der Waals surface area contributed by atoms with Crippen molar-refractivity contribution in [2.24, 2.45) is 4.99 Å². The molecule has 0 spiro atoms. The summed E-state index contributed by atoms with van der Waals surface area (Å²) in [6, 6.07) is 7.68. The molecule has 19 heavy (non-hydrogen) atoms. The van der Waals surface area contributed by atoms with Crippen LogP contribution in [0.1, 0.15) is 32.8 Å². The Labute approximate surface area is 114 Å². The number of ether oxygens (including phenoxy) is 1. The number of aliphatic imine (C=N–C) groups is 1. The van der Waals surface area contributed by atoms with Crippen molar-refractivity contribution in [3.63, 3.8) is 0 Å². The monoisotopic (exact) mass is 262 g/mol. The van der Waals surface area contributed by atoms with Crippen LogP contribution in [0.15, 0.2) is 29.3 Å². The van der Waals surface area contributed by atoms with Crippen molar-refractivity contribution in [3.05, 3.63) is 29.8 Å². The van der Waals surface area contributed by atoms with E-state index >= 15 is 0 Å². The van der Waals surface area contributed by atoms with Gasteiger partial charge in [0.05, 0.1) is 6.54 Å². The van der Waals surface area contributed by atoms with Crippen molar-refractivity contribution in [3.8, 4) is 5.75 Å². The summed E-state index contributed by atoms with van der Waals surface area (Å²) in [6.07, 6.45) is 1.80. The van der Waals surface area contributed by atoms with Crippen molar-refractivity contribution in [2.45, 2.75) is 33.6 Å². The normalized spacial score (nSPS) is 11.2. The van der Waals surface area contributed by atoms with Gasteiger partial charge in [-0.3, -0.25) is 0 Å². The molecule has 0 bridgehead atoms. The number of hydrogen-bond acceptors (Lipinski definition) is 2. The molecule has 0 aliphatic heterocycles. The summed E-state index contributed by atoms with van der Waals surface area (Å²) in [5, 5.41) is 2.69. The van der Waals surface area contributed by atoms with Crippen molar-refractivity contribution in [2.75, 3.05) is 13.2 Å². The Hall–Kier alpha value is -1.84. The third kappa shape index (κ3) is 6.04.